The van der Waals surface area contributed by atoms with Gasteiger partial charge in [0.25, 0.3) is 0 Å². The minimum absolute atomic E-state index is 0.401. The highest BCUT2D eigenvalue weighted by Gasteiger charge is 2.52. The average Bonchev–Trinajstić information content (AvgIpc) is 3.07. The maximum atomic E-state index is 6.16. The molecule has 0 spiro atoms. The van der Waals surface area contributed by atoms with E-state index in [1.54, 1.807) is 11.9 Å². The molecule has 0 aromatic carbocycles. The molecule has 5 heteroatoms. The van der Waals surface area contributed by atoms with Gasteiger partial charge in [0.05, 0.1) is 6.67 Å². The van der Waals surface area contributed by atoms with Gasteiger partial charge in [-0.05, 0) is 75.0 Å². The highest BCUT2D eigenvalue weighted by Crippen LogP contribution is 2.61. The SMILES string of the molecule is CC(=CCN1CN(C)c2ncnc(N)c21)CCC1(C)C(C)CCC2(C)C(C)=CCCC21. The van der Waals surface area contributed by atoms with Gasteiger partial charge in [0.15, 0.2) is 11.6 Å². The van der Waals surface area contributed by atoms with Gasteiger partial charge in [-0.3, -0.25) is 0 Å². The van der Waals surface area contributed by atoms with Gasteiger partial charge < -0.3 is 15.5 Å². The number of aromatic nitrogens is 2. The lowest BCUT2D eigenvalue weighted by atomic mass is 9.47. The van der Waals surface area contributed by atoms with Crippen LogP contribution in [0.15, 0.2) is 29.6 Å². The van der Waals surface area contributed by atoms with E-state index in [9.17, 15) is 0 Å². The molecule has 1 saturated carbocycles. The fourth-order valence-corrected chi connectivity index (χ4v) is 6.67. The molecule has 3 aliphatic rings. The van der Waals surface area contributed by atoms with E-state index in [0.29, 0.717) is 16.6 Å². The predicted octanol–water partition coefficient (Wildman–Crippen LogP) is 5.80. The number of nitrogen functional groups attached to an aromatic ring is 1. The van der Waals surface area contributed by atoms with E-state index in [0.717, 1.165) is 36.6 Å². The predicted molar refractivity (Wildman–Crippen MR) is 131 cm³/mol. The van der Waals surface area contributed by atoms with E-state index in [4.69, 9.17) is 5.73 Å². The summed E-state index contributed by atoms with van der Waals surface area (Å²) < 4.78 is 0. The van der Waals surface area contributed by atoms with Crippen LogP contribution in [0.4, 0.5) is 17.3 Å². The van der Waals surface area contributed by atoms with Crippen molar-refractivity contribution in [3.8, 4) is 0 Å². The Bertz CT molecular complexity index is 890. The van der Waals surface area contributed by atoms with Crippen LogP contribution in [-0.4, -0.2) is 30.2 Å². The summed E-state index contributed by atoms with van der Waals surface area (Å²) in [7, 11) is 2.06. The zero-order chi connectivity index (χ0) is 22.4. The van der Waals surface area contributed by atoms with Crippen LogP contribution in [0.3, 0.4) is 0 Å². The lowest BCUT2D eigenvalue weighted by molar-refractivity contribution is -0.0466. The second-order valence-electron chi connectivity index (χ2n) is 10.9. The first kappa shape index (κ1) is 22.2. The molecule has 1 aliphatic heterocycles. The van der Waals surface area contributed by atoms with E-state index >= 15 is 0 Å². The Morgan fingerprint density at radius 1 is 1.29 bits per heavy atom. The summed E-state index contributed by atoms with van der Waals surface area (Å²) in [6, 6.07) is 0. The molecule has 31 heavy (non-hydrogen) atoms. The van der Waals surface area contributed by atoms with Gasteiger partial charge >= 0.3 is 0 Å². The molecular weight excluding hydrogens is 382 g/mol. The van der Waals surface area contributed by atoms with E-state index in [1.165, 1.54) is 44.1 Å². The van der Waals surface area contributed by atoms with Crippen molar-refractivity contribution in [2.75, 3.05) is 35.8 Å². The minimum Gasteiger partial charge on any atom is -0.382 e. The molecular formula is C26H41N5. The van der Waals surface area contributed by atoms with Gasteiger partial charge in [-0.1, -0.05) is 44.1 Å². The number of hydrogen-bond acceptors (Lipinski definition) is 5. The third-order valence-corrected chi connectivity index (χ3v) is 9.20. The van der Waals surface area contributed by atoms with Crippen LogP contribution in [0, 0.1) is 22.7 Å². The molecule has 5 nitrogen and oxygen atoms in total. The minimum atomic E-state index is 0.401. The number of hydrogen-bond donors (Lipinski definition) is 1. The number of fused-ring (bicyclic) bond motifs is 2. The molecule has 0 bridgehead atoms. The Hall–Kier alpha value is -2.04. The summed E-state index contributed by atoms with van der Waals surface area (Å²) in [5.74, 6) is 3.10. The molecule has 2 heterocycles. The van der Waals surface area contributed by atoms with E-state index in [2.05, 4.69) is 73.6 Å². The number of nitrogens with zero attached hydrogens (tertiary/aromatic N) is 4. The second-order valence-corrected chi connectivity index (χ2v) is 10.9. The Morgan fingerprint density at radius 3 is 2.84 bits per heavy atom. The molecule has 4 unspecified atom stereocenters. The fourth-order valence-electron chi connectivity index (χ4n) is 6.67. The summed E-state index contributed by atoms with van der Waals surface area (Å²) >= 11 is 0. The Labute approximate surface area is 188 Å². The van der Waals surface area contributed by atoms with Crippen LogP contribution in [-0.2, 0) is 0 Å². The van der Waals surface area contributed by atoms with Crippen molar-refractivity contribution in [3.05, 3.63) is 29.6 Å². The topological polar surface area (TPSA) is 58.3 Å². The largest absolute Gasteiger partial charge is 0.382 e. The standard InChI is InChI=1S/C26H41N5/c1-18(12-15-31-17-30(6)24-22(31)23(27)28-16-29-24)10-13-25(4)20(3)11-14-26(5)19(2)8-7-9-21(25)26/h8,12,16,20-21H,7,9-11,13-15,17H2,1-6H3,(H2,27,28,29). The summed E-state index contributed by atoms with van der Waals surface area (Å²) in [6.45, 7) is 14.0. The van der Waals surface area contributed by atoms with Crippen LogP contribution in [0.2, 0.25) is 0 Å². The molecule has 1 aromatic heterocycles. The molecule has 1 fully saturated rings. The maximum absolute atomic E-state index is 6.16. The summed E-state index contributed by atoms with van der Waals surface area (Å²) in [6.07, 6.45) is 14.2. The summed E-state index contributed by atoms with van der Waals surface area (Å²) in [5.41, 5.74) is 11.1. The lowest BCUT2D eigenvalue weighted by Crippen LogP contribution is -2.49. The zero-order valence-electron chi connectivity index (χ0n) is 20.4. The van der Waals surface area contributed by atoms with Crippen LogP contribution in [0.5, 0.6) is 0 Å². The van der Waals surface area contributed by atoms with Crippen molar-refractivity contribution < 1.29 is 0 Å². The van der Waals surface area contributed by atoms with Crippen molar-refractivity contribution in [1.29, 1.82) is 0 Å². The normalized spacial score (nSPS) is 33.2. The van der Waals surface area contributed by atoms with Gasteiger partial charge in [0, 0.05) is 13.6 Å². The first-order chi connectivity index (χ1) is 14.7. The number of nitrogens with two attached hydrogens (primary N) is 1. The van der Waals surface area contributed by atoms with Crippen molar-refractivity contribution in [2.24, 2.45) is 22.7 Å². The first-order valence-electron chi connectivity index (χ1n) is 12.1. The van der Waals surface area contributed by atoms with E-state index in [-0.39, 0.29) is 0 Å². The van der Waals surface area contributed by atoms with Gasteiger partial charge in [-0.25, -0.2) is 9.97 Å². The molecule has 170 valence electrons. The quantitative estimate of drug-likeness (QED) is 0.607. The Balaban J connectivity index is 1.44. The summed E-state index contributed by atoms with van der Waals surface area (Å²) in [5, 5.41) is 0. The maximum Gasteiger partial charge on any atom is 0.159 e. The van der Waals surface area contributed by atoms with Gasteiger partial charge in [0.1, 0.15) is 12.0 Å². The molecule has 0 amide bonds. The number of anilines is 3. The van der Waals surface area contributed by atoms with Gasteiger partial charge in [0.2, 0.25) is 0 Å². The average molecular weight is 424 g/mol. The van der Waals surface area contributed by atoms with E-state index < -0.39 is 0 Å². The van der Waals surface area contributed by atoms with Crippen molar-refractivity contribution in [2.45, 2.75) is 73.1 Å². The van der Waals surface area contributed by atoms with Crippen LogP contribution >= 0.6 is 0 Å². The molecule has 4 rings (SSSR count). The van der Waals surface area contributed by atoms with Crippen LogP contribution in [0.25, 0.3) is 0 Å². The van der Waals surface area contributed by atoms with Crippen molar-refractivity contribution >= 4 is 17.3 Å². The monoisotopic (exact) mass is 423 g/mol. The Kier molecular flexibility index (Phi) is 5.82. The van der Waals surface area contributed by atoms with Crippen molar-refractivity contribution in [3.63, 3.8) is 0 Å². The fraction of sp³-hybridized carbons (Fsp3) is 0.692. The smallest absolute Gasteiger partial charge is 0.159 e. The number of allylic oxidation sites excluding steroid dienone is 3. The lowest BCUT2D eigenvalue weighted by Gasteiger charge is -2.58. The van der Waals surface area contributed by atoms with Crippen molar-refractivity contribution in [1.82, 2.24) is 9.97 Å². The molecule has 0 saturated heterocycles. The van der Waals surface area contributed by atoms with Crippen LogP contribution < -0.4 is 15.5 Å². The highest BCUT2D eigenvalue weighted by molar-refractivity contribution is 5.81. The molecule has 4 atom stereocenters. The third kappa shape index (κ3) is 3.74. The molecule has 0 radical (unpaired) electrons. The van der Waals surface area contributed by atoms with Gasteiger partial charge in [-0.2, -0.15) is 0 Å². The summed E-state index contributed by atoms with van der Waals surface area (Å²) in [4.78, 5) is 13.0. The molecule has 2 aliphatic carbocycles. The Morgan fingerprint density at radius 2 is 2.06 bits per heavy atom. The molecule has 1 aromatic rings. The molecule has 2 N–H and O–H groups in total. The van der Waals surface area contributed by atoms with Gasteiger partial charge in [-0.15, -0.1) is 0 Å². The third-order valence-electron chi connectivity index (χ3n) is 9.20. The van der Waals surface area contributed by atoms with Crippen LogP contribution in [0.1, 0.15) is 73.1 Å². The first-order valence-corrected chi connectivity index (χ1v) is 12.1. The highest BCUT2D eigenvalue weighted by atomic mass is 15.4. The zero-order valence-corrected chi connectivity index (χ0v) is 20.4. The van der Waals surface area contributed by atoms with E-state index in [1.807, 2.05) is 0 Å². The number of rotatable bonds is 5. The second kappa shape index (κ2) is 8.14.